The SMILES string of the molecule is Cc1ccsc1C(=O)NCC(c1ccccc1)N1CCOCC1. The van der Waals surface area contributed by atoms with Crippen LogP contribution >= 0.6 is 11.3 Å². The summed E-state index contributed by atoms with van der Waals surface area (Å²) in [6, 6.07) is 12.5. The van der Waals surface area contributed by atoms with Crippen molar-refractivity contribution in [2.24, 2.45) is 0 Å². The van der Waals surface area contributed by atoms with Gasteiger partial charge in [-0.25, -0.2) is 0 Å². The summed E-state index contributed by atoms with van der Waals surface area (Å²) in [5.41, 5.74) is 2.27. The van der Waals surface area contributed by atoms with Crippen LogP contribution in [0.4, 0.5) is 0 Å². The lowest BCUT2D eigenvalue weighted by Crippen LogP contribution is -2.43. The average Bonchev–Trinajstić information content (AvgIpc) is 3.03. The number of nitrogens with zero attached hydrogens (tertiary/aromatic N) is 1. The molecular formula is C18H22N2O2S. The van der Waals surface area contributed by atoms with E-state index >= 15 is 0 Å². The molecule has 1 atom stereocenters. The Bertz CT molecular complexity index is 635. The van der Waals surface area contributed by atoms with E-state index in [0.29, 0.717) is 6.54 Å². The lowest BCUT2D eigenvalue weighted by Gasteiger charge is -2.34. The van der Waals surface area contributed by atoms with E-state index in [0.717, 1.165) is 36.7 Å². The number of morpholine rings is 1. The molecule has 2 heterocycles. The number of ether oxygens (including phenoxy) is 1. The van der Waals surface area contributed by atoms with Gasteiger partial charge >= 0.3 is 0 Å². The molecule has 1 N–H and O–H groups in total. The van der Waals surface area contributed by atoms with Crippen molar-refractivity contribution in [2.75, 3.05) is 32.8 Å². The van der Waals surface area contributed by atoms with Gasteiger partial charge in [0.15, 0.2) is 0 Å². The van der Waals surface area contributed by atoms with E-state index in [9.17, 15) is 4.79 Å². The summed E-state index contributed by atoms with van der Waals surface area (Å²) in [6.07, 6.45) is 0. The fourth-order valence-electron chi connectivity index (χ4n) is 2.90. The van der Waals surface area contributed by atoms with Gasteiger partial charge in [0, 0.05) is 19.6 Å². The molecule has 1 aromatic carbocycles. The Hall–Kier alpha value is -1.69. The van der Waals surface area contributed by atoms with E-state index in [1.807, 2.05) is 36.6 Å². The van der Waals surface area contributed by atoms with E-state index < -0.39 is 0 Å². The van der Waals surface area contributed by atoms with Crippen molar-refractivity contribution in [3.63, 3.8) is 0 Å². The van der Waals surface area contributed by atoms with Gasteiger partial charge in [0.25, 0.3) is 5.91 Å². The Morgan fingerprint density at radius 3 is 2.65 bits per heavy atom. The first-order valence-corrected chi connectivity index (χ1v) is 8.82. The molecule has 23 heavy (non-hydrogen) atoms. The van der Waals surface area contributed by atoms with Crippen molar-refractivity contribution in [1.29, 1.82) is 0 Å². The number of amides is 1. The molecule has 1 aromatic heterocycles. The van der Waals surface area contributed by atoms with Gasteiger partial charge in [-0.05, 0) is 29.5 Å². The summed E-state index contributed by atoms with van der Waals surface area (Å²) in [5, 5.41) is 5.07. The quantitative estimate of drug-likeness (QED) is 0.916. The van der Waals surface area contributed by atoms with Crippen LogP contribution in [0, 0.1) is 6.92 Å². The zero-order valence-electron chi connectivity index (χ0n) is 13.3. The molecule has 0 saturated carbocycles. The maximum atomic E-state index is 12.4. The van der Waals surface area contributed by atoms with Crippen LogP contribution in [0.3, 0.4) is 0 Å². The van der Waals surface area contributed by atoms with Crippen molar-refractivity contribution >= 4 is 17.2 Å². The molecule has 0 aliphatic carbocycles. The van der Waals surface area contributed by atoms with Gasteiger partial charge in [0.2, 0.25) is 0 Å². The van der Waals surface area contributed by atoms with Crippen molar-refractivity contribution in [2.45, 2.75) is 13.0 Å². The summed E-state index contributed by atoms with van der Waals surface area (Å²) in [5.74, 6) is 0.0201. The topological polar surface area (TPSA) is 41.6 Å². The number of hydrogen-bond donors (Lipinski definition) is 1. The zero-order chi connectivity index (χ0) is 16.1. The predicted octanol–water partition coefficient (Wildman–Crippen LogP) is 2.86. The standard InChI is InChI=1S/C18H22N2O2S/c1-14-7-12-23-17(14)18(21)19-13-16(15-5-3-2-4-6-15)20-8-10-22-11-9-20/h2-7,12,16H,8-11,13H2,1H3,(H,19,21). The summed E-state index contributed by atoms with van der Waals surface area (Å²) >= 11 is 1.50. The lowest BCUT2D eigenvalue weighted by atomic mass is 10.0. The first kappa shape index (κ1) is 16.2. The summed E-state index contributed by atoms with van der Waals surface area (Å²) in [6.45, 7) is 5.88. The molecule has 122 valence electrons. The third kappa shape index (κ3) is 3.99. The highest BCUT2D eigenvalue weighted by molar-refractivity contribution is 7.12. The van der Waals surface area contributed by atoms with E-state index in [1.54, 1.807) is 0 Å². The van der Waals surface area contributed by atoms with E-state index in [1.165, 1.54) is 16.9 Å². The molecule has 1 aliphatic heterocycles. The molecule has 1 saturated heterocycles. The number of thiophene rings is 1. The number of aryl methyl sites for hydroxylation is 1. The van der Waals surface area contributed by atoms with E-state index in [4.69, 9.17) is 4.74 Å². The minimum Gasteiger partial charge on any atom is -0.379 e. The Labute approximate surface area is 141 Å². The smallest absolute Gasteiger partial charge is 0.261 e. The Morgan fingerprint density at radius 2 is 2.00 bits per heavy atom. The van der Waals surface area contributed by atoms with E-state index in [2.05, 4.69) is 22.3 Å². The van der Waals surface area contributed by atoms with Gasteiger partial charge in [-0.15, -0.1) is 11.3 Å². The molecule has 1 amide bonds. The second kappa shape index (κ2) is 7.73. The fraction of sp³-hybridized carbons (Fsp3) is 0.389. The molecule has 1 unspecified atom stereocenters. The van der Waals surface area contributed by atoms with Crippen molar-refractivity contribution in [3.8, 4) is 0 Å². The van der Waals surface area contributed by atoms with Gasteiger partial charge in [-0.3, -0.25) is 9.69 Å². The first-order valence-electron chi connectivity index (χ1n) is 7.95. The minimum absolute atomic E-state index is 0.0201. The highest BCUT2D eigenvalue weighted by Crippen LogP contribution is 2.22. The number of rotatable bonds is 5. The molecular weight excluding hydrogens is 308 g/mol. The van der Waals surface area contributed by atoms with Crippen LogP contribution in [0.25, 0.3) is 0 Å². The zero-order valence-corrected chi connectivity index (χ0v) is 14.1. The normalized spacial score (nSPS) is 16.9. The molecule has 1 fully saturated rings. The monoisotopic (exact) mass is 330 g/mol. The molecule has 1 aliphatic rings. The van der Waals surface area contributed by atoms with Crippen LogP contribution < -0.4 is 5.32 Å². The molecule has 0 bridgehead atoms. The summed E-state index contributed by atoms with van der Waals surface area (Å²) in [4.78, 5) is 15.6. The molecule has 5 heteroatoms. The highest BCUT2D eigenvalue weighted by atomic mass is 32.1. The van der Waals surface area contributed by atoms with Gasteiger partial charge in [-0.1, -0.05) is 30.3 Å². The van der Waals surface area contributed by atoms with Crippen LogP contribution in [0.2, 0.25) is 0 Å². The lowest BCUT2D eigenvalue weighted by molar-refractivity contribution is 0.0162. The largest absolute Gasteiger partial charge is 0.379 e. The number of carbonyl (C=O) groups excluding carboxylic acids is 1. The van der Waals surface area contributed by atoms with E-state index in [-0.39, 0.29) is 11.9 Å². The third-order valence-electron chi connectivity index (χ3n) is 4.20. The third-order valence-corrected chi connectivity index (χ3v) is 5.21. The van der Waals surface area contributed by atoms with Crippen molar-refractivity contribution < 1.29 is 9.53 Å². The molecule has 2 aromatic rings. The maximum absolute atomic E-state index is 12.4. The van der Waals surface area contributed by atoms with Crippen LogP contribution in [0.15, 0.2) is 41.8 Å². The number of nitrogens with one attached hydrogen (secondary N) is 1. The second-order valence-corrected chi connectivity index (χ2v) is 6.63. The van der Waals surface area contributed by atoms with Gasteiger partial charge in [0.1, 0.15) is 0 Å². The summed E-state index contributed by atoms with van der Waals surface area (Å²) < 4.78 is 5.46. The molecule has 0 radical (unpaired) electrons. The molecule has 3 rings (SSSR count). The van der Waals surface area contributed by atoms with Crippen LogP contribution in [0.5, 0.6) is 0 Å². The second-order valence-electron chi connectivity index (χ2n) is 5.72. The Kier molecular flexibility index (Phi) is 5.43. The van der Waals surface area contributed by atoms with Gasteiger partial charge in [-0.2, -0.15) is 0 Å². The fourth-order valence-corrected chi connectivity index (χ4v) is 3.74. The number of hydrogen-bond acceptors (Lipinski definition) is 4. The summed E-state index contributed by atoms with van der Waals surface area (Å²) in [7, 11) is 0. The van der Waals surface area contributed by atoms with Crippen LogP contribution in [-0.2, 0) is 4.74 Å². The number of benzene rings is 1. The molecule has 0 spiro atoms. The minimum atomic E-state index is 0.0201. The predicted molar refractivity (Wildman–Crippen MR) is 93.0 cm³/mol. The van der Waals surface area contributed by atoms with Crippen molar-refractivity contribution in [1.82, 2.24) is 10.2 Å². The van der Waals surface area contributed by atoms with Gasteiger partial charge < -0.3 is 10.1 Å². The number of carbonyl (C=O) groups is 1. The highest BCUT2D eigenvalue weighted by Gasteiger charge is 2.23. The van der Waals surface area contributed by atoms with Crippen LogP contribution in [0.1, 0.15) is 26.8 Å². The maximum Gasteiger partial charge on any atom is 0.261 e. The molecule has 4 nitrogen and oxygen atoms in total. The van der Waals surface area contributed by atoms with Crippen LogP contribution in [-0.4, -0.2) is 43.7 Å². The Balaban J connectivity index is 1.71. The average molecular weight is 330 g/mol. The first-order chi connectivity index (χ1) is 11.3. The Morgan fingerprint density at radius 1 is 1.26 bits per heavy atom. The van der Waals surface area contributed by atoms with Gasteiger partial charge in [0.05, 0.1) is 24.1 Å². The van der Waals surface area contributed by atoms with Crippen molar-refractivity contribution in [3.05, 3.63) is 57.8 Å².